The number of amides is 1. The summed E-state index contributed by atoms with van der Waals surface area (Å²) in [5, 5.41) is 3.12. The number of carbonyl (C=O) groups excluding carboxylic acids is 1. The highest BCUT2D eigenvalue weighted by atomic mass is 16.2. The van der Waals surface area contributed by atoms with Crippen LogP contribution < -0.4 is 11.1 Å². The Hall–Kier alpha value is -0.570. The van der Waals surface area contributed by atoms with Crippen molar-refractivity contribution in [3.05, 3.63) is 0 Å². The molecule has 2 saturated carbocycles. The van der Waals surface area contributed by atoms with Crippen LogP contribution in [0.4, 0.5) is 0 Å². The van der Waals surface area contributed by atoms with E-state index in [1.165, 1.54) is 44.9 Å². The highest BCUT2D eigenvalue weighted by molar-refractivity contribution is 5.86. The number of hydrogen-bond donors (Lipinski definition) is 2. The predicted octanol–water partition coefficient (Wildman–Crippen LogP) is 2.73. The molecule has 104 valence electrons. The molecule has 3 heteroatoms. The van der Waals surface area contributed by atoms with E-state index in [1.807, 2.05) is 0 Å². The van der Waals surface area contributed by atoms with E-state index >= 15 is 0 Å². The number of nitrogens with two attached hydrogens (primary N) is 1. The average molecular weight is 252 g/mol. The van der Waals surface area contributed by atoms with Gasteiger partial charge < -0.3 is 11.1 Å². The van der Waals surface area contributed by atoms with Crippen LogP contribution in [-0.2, 0) is 4.79 Å². The Morgan fingerprint density at radius 3 is 2.17 bits per heavy atom. The summed E-state index contributed by atoms with van der Waals surface area (Å²) in [6, 6.07) is 0. The molecule has 2 aliphatic rings. The summed E-state index contributed by atoms with van der Waals surface area (Å²) in [4.78, 5) is 12.1. The van der Waals surface area contributed by atoms with Gasteiger partial charge in [-0.2, -0.15) is 0 Å². The quantitative estimate of drug-likeness (QED) is 0.811. The molecular weight excluding hydrogens is 224 g/mol. The van der Waals surface area contributed by atoms with Crippen molar-refractivity contribution in [2.45, 2.75) is 76.2 Å². The minimum absolute atomic E-state index is 0.0991. The van der Waals surface area contributed by atoms with Crippen LogP contribution in [-0.4, -0.2) is 18.0 Å². The van der Waals surface area contributed by atoms with Gasteiger partial charge in [-0.1, -0.05) is 44.9 Å². The fourth-order valence-corrected chi connectivity index (χ4v) is 3.39. The summed E-state index contributed by atoms with van der Waals surface area (Å²) >= 11 is 0. The SMILES string of the molecule is NC1(C(=O)NCC2CCCCCCC2)CCCC1. The third-order valence-corrected chi connectivity index (χ3v) is 4.72. The minimum Gasteiger partial charge on any atom is -0.354 e. The van der Waals surface area contributed by atoms with Gasteiger partial charge in [0.05, 0.1) is 5.54 Å². The number of nitrogens with one attached hydrogen (secondary N) is 1. The number of hydrogen-bond acceptors (Lipinski definition) is 2. The van der Waals surface area contributed by atoms with E-state index in [1.54, 1.807) is 0 Å². The maximum atomic E-state index is 12.1. The zero-order valence-corrected chi connectivity index (χ0v) is 11.5. The van der Waals surface area contributed by atoms with Gasteiger partial charge in [0, 0.05) is 6.54 Å². The van der Waals surface area contributed by atoms with Gasteiger partial charge in [0.2, 0.25) is 5.91 Å². The molecule has 0 aromatic rings. The van der Waals surface area contributed by atoms with Crippen LogP contribution in [0.15, 0.2) is 0 Å². The van der Waals surface area contributed by atoms with E-state index in [4.69, 9.17) is 5.73 Å². The molecule has 0 heterocycles. The van der Waals surface area contributed by atoms with Gasteiger partial charge in [-0.15, -0.1) is 0 Å². The van der Waals surface area contributed by atoms with Gasteiger partial charge in [0.25, 0.3) is 0 Å². The molecular formula is C15H28N2O. The Balaban J connectivity index is 1.74. The third kappa shape index (κ3) is 3.71. The lowest BCUT2D eigenvalue weighted by molar-refractivity contribution is -0.126. The Morgan fingerprint density at radius 2 is 1.56 bits per heavy atom. The summed E-state index contributed by atoms with van der Waals surface area (Å²) in [6.07, 6.45) is 13.3. The van der Waals surface area contributed by atoms with Crippen molar-refractivity contribution < 1.29 is 4.79 Å². The van der Waals surface area contributed by atoms with Crippen LogP contribution in [0.3, 0.4) is 0 Å². The smallest absolute Gasteiger partial charge is 0.240 e. The van der Waals surface area contributed by atoms with Gasteiger partial charge in [-0.25, -0.2) is 0 Å². The van der Waals surface area contributed by atoms with Gasteiger partial charge in [-0.3, -0.25) is 4.79 Å². The number of rotatable bonds is 3. The Kier molecular flexibility index (Phi) is 5.04. The first-order valence-corrected chi connectivity index (χ1v) is 7.78. The van der Waals surface area contributed by atoms with Crippen molar-refractivity contribution in [2.24, 2.45) is 11.7 Å². The van der Waals surface area contributed by atoms with Crippen molar-refractivity contribution in [1.29, 1.82) is 0 Å². The second kappa shape index (κ2) is 6.55. The normalized spacial score (nSPS) is 25.4. The molecule has 3 N–H and O–H groups in total. The monoisotopic (exact) mass is 252 g/mol. The summed E-state index contributed by atoms with van der Waals surface area (Å²) in [6.45, 7) is 0.845. The van der Waals surface area contributed by atoms with E-state index in [0.717, 1.165) is 32.2 Å². The molecule has 18 heavy (non-hydrogen) atoms. The highest BCUT2D eigenvalue weighted by Crippen LogP contribution is 2.27. The molecule has 2 fully saturated rings. The first-order valence-electron chi connectivity index (χ1n) is 7.78. The van der Waals surface area contributed by atoms with Crippen molar-refractivity contribution in [3.8, 4) is 0 Å². The maximum absolute atomic E-state index is 12.1. The van der Waals surface area contributed by atoms with Crippen LogP contribution in [0.2, 0.25) is 0 Å². The molecule has 0 aromatic heterocycles. The van der Waals surface area contributed by atoms with Gasteiger partial charge in [-0.05, 0) is 31.6 Å². The largest absolute Gasteiger partial charge is 0.354 e. The first kappa shape index (κ1) is 13.9. The van der Waals surface area contributed by atoms with E-state index in [2.05, 4.69) is 5.32 Å². The first-order chi connectivity index (χ1) is 8.71. The molecule has 0 unspecified atom stereocenters. The molecule has 0 aromatic carbocycles. The van der Waals surface area contributed by atoms with Crippen molar-refractivity contribution in [3.63, 3.8) is 0 Å². The molecule has 0 atom stereocenters. The Labute approximate surface area is 111 Å². The van der Waals surface area contributed by atoms with E-state index in [0.29, 0.717) is 5.92 Å². The fourth-order valence-electron chi connectivity index (χ4n) is 3.39. The van der Waals surface area contributed by atoms with E-state index < -0.39 is 5.54 Å². The van der Waals surface area contributed by atoms with Crippen LogP contribution >= 0.6 is 0 Å². The van der Waals surface area contributed by atoms with Gasteiger partial charge >= 0.3 is 0 Å². The molecule has 2 rings (SSSR count). The lowest BCUT2D eigenvalue weighted by Gasteiger charge is -2.25. The zero-order chi connectivity index (χ0) is 12.8. The van der Waals surface area contributed by atoms with Crippen molar-refractivity contribution in [2.75, 3.05) is 6.54 Å². The van der Waals surface area contributed by atoms with Crippen LogP contribution in [0, 0.1) is 5.92 Å². The molecule has 1 amide bonds. The van der Waals surface area contributed by atoms with Crippen molar-refractivity contribution in [1.82, 2.24) is 5.32 Å². The lowest BCUT2D eigenvalue weighted by atomic mass is 9.90. The number of carbonyl (C=O) groups is 1. The highest BCUT2D eigenvalue weighted by Gasteiger charge is 2.36. The topological polar surface area (TPSA) is 55.1 Å². The zero-order valence-electron chi connectivity index (χ0n) is 11.5. The summed E-state index contributed by atoms with van der Waals surface area (Å²) < 4.78 is 0. The summed E-state index contributed by atoms with van der Waals surface area (Å²) in [5.41, 5.74) is 5.61. The van der Waals surface area contributed by atoms with Crippen LogP contribution in [0.5, 0.6) is 0 Å². The molecule has 0 radical (unpaired) electrons. The third-order valence-electron chi connectivity index (χ3n) is 4.72. The Bertz CT molecular complexity index is 264. The standard InChI is InChI=1S/C15H28N2O/c16-15(10-6-7-11-15)14(18)17-12-13-8-4-2-1-3-5-9-13/h13H,1-12,16H2,(H,17,18). The molecule has 0 aliphatic heterocycles. The second-order valence-electron chi connectivity index (χ2n) is 6.28. The maximum Gasteiger partial charge on any atom is 0.240 e. The lowest BCUT2D eigenvalue weighted by Crippen LogP contribution is -2.52. The summed E-state index contributed by atoms with van der Waals surface area (Å²) in [5.74, 6) is 0.779. The molecule has 0 bridgehead atoms. The predicted molar refractivity (Wildman–Crippen MR) is 74.2 cm³/mol. The average Bonchev–Trinajstić information content (AvgIpc) is 2.76. The minimum atomic E-state index is -0.554. The van der Waals surface area contributed by atoms with Crippen LogP contribution in [0.1, 0.15) is 70.6 Å². The molecule has 3 nitrogen and oxygen atoms in total. The molecule has 2 aliphatic carbocycles. The molecule has 0 spiro atoms. The van der Waals surface area contributed by atoms with E-state index in [-0.39, 0.29) is 5.91 Å². The fraction of sp³-hybridized carbons (Fsp3) is 0.933. The van der Waals surface area contributed by atoms with Crippen LogP contribution in [0.25, 0.3) is 0 Å². The van der Waals surface area contributed by atoms with Gasteiger partial charge in [0.15, 0.2) is 0 Å². The molecule has 0 saturated heterocycles. The summed E-state index contributed by atoms with van der Waals surface area (Å²) in [7, 11) is 0. The van der Waals surface area contributed by atoms with Crippen molar-refractivity contribution >= 4 is 5.91 Å². The Morgan fingerprint density at radius 1 is 1.00 bits per heavy atom. The second-order valence-corrected chi connectivity index (χ2v) is 6.28. The van der Waals surface area contributed by atoms with Gasteiger partial charge in [0.1, 0.15) is 0 Å². The van der Waals surface area contributed by atoms with E-state index in [9.17, 15) is 4.79 Å².